The average Bonchev–Trinajstić information content (AvgIpc) is 2.65. The normalized spacial score (nSPS) is 10.6. The molecule has 2 N–H and O–H groups in total. The Hall–Kier alpha value is -1.33. The maximum absolute atomic E-state index is 5.51. The van der Waals surface area contributed by atoms with Crippen molar-refractivity contribution in [2.24, 2.45) is 0 Å². The van der Waals surface area contributed by atoms with Crippen LogP contribution in [-0.2, 0) is 11.3 Å². The van der Waals surface area contributed by atoms with Crippen molar-refractivity contribution < 1.29 is 9.26 Å². The van der Waals surface area contributed by atoms with Gasteiger partial charge in [0, 0.05) is 23.2 Å². The van der Waals surface area contributed by atoms with Gasteiger partial charge in [-0.25, -0.2) is 0 Å². The van der Waals surface area contributed by atoms with Crippen LogP contribution in [0.15, 0.2) is 33.3 Å². The topological polar surface area (TPSA) is 61.3 Å². The summed E-state index contributed by atoms with van der Waals surface area (Å²) in [6.45, 7) is 0.515. The molecule has 0 aliphatic heterocycles. The summed E-state index contributed by atoms with van der Waals surface area (Å²) >= 11 is 3.49. The van der Waals surface area contributed by atoms with Crippen molar-refractivity contribution >= 4 is 21.8 Å². The predicted molar refractivity (Wildman–Crippen MR) is 64.8 cm³/mol. The predicted octanol–water partition coefficient (Wildman–Crippen LogP) is 2.83. The first-order valence-electron chi connectivity index (χ1n) is 4.71. The molecule has 0 radical (unpaired) electrons. The molecule has 1 aromatic heterocycles. The molecule has 0 fully saturated rings. The van der Waals surface area contributed by atoms with E-state index in [1.54, 1.807) is 13.2 Å². The van der Waals surface area contributed by atoms with Crippen LogP contribution >= 0.6 is 15.9 Å². The molecule has 1 heterocycles. The molecule has 0 bridgehead atoms. The molecule has 2 aromatic rings. The third-order valence-electron chi connectivity index (χ3n) is 2.18. The average molecular weight is 283 g/mol. The van der Waals surface area contributed by atoms with Gasteiger partial charge in [0.05, 0.1) is 6.61 Å². The van der Waals surface area contributed by atoms with E-state index in [0.717, 1.165) is 15.6 Å². The molecule has 0 aliphatic carbocycles. The standard InChI is InChI=1S/C11H11BrN2O2/c1-15-6-7-3-2-4-8(12)11(7)9-5-10(13)16-14-9/h2-5H,6,13H2,1H3. The van der Waals surface area contributed by atoms with E-state index in [1.165, 1.54) is 0 Å². The number of benzene rings is 1. The zero-order valence-electron chi connectivity index (χ0n) is 8.74. The fourth-order valence-corrected chi connectivity index (χ4v) is 2.15. The maximum Gasteiger partial charge on any atom is 0.222 e. The van der Waals surface area contributed by atoms with Gasteiger partial charge in [-0.2, -0.15) is 0 Å². The third-order valence-corrected chi connectivity index (χ3v) is 2.85. The van der Waals surface area contributed by atoms with Gasteiger partial charge in [-0.15, -0.1) is 0 Å². The van der Waals surface area contributed by atoms with Gasteiger partial charge in [0.1, 0.15) is 5.69 Å². The summed E-state index contributed by atoms with van der Waals surface area (Å²) in [6.07, 6.45) is 0. The largest absolute Gasteiger partial charge is 0.380 e. The number of methoxy groups -OCH3 is 1. The lowest BCUT2D eigenvalue weighted by atomic mass is 10.1. The summed E-state index contributed by atoms with van der Waals surface area (Å²) in [7, 11) is 1.65. The first-order chi connectivity index (χ1) is 7.72. The van der Waals surface area contributed by atoms with Crippen LogP contribution in [0.1, 0.15) is 5.56 Å². The smallest absolute Gasteiger partial charge is 0.222 e. The molecule has 0 atom stereocenters. The molecule has 0 unspecified atom stereocenters. The first-order valence-corrected chi connectivity index (χ1v) is 5.50. The molecule has 5 heteroatoms. The second-order valence-corrected chi connectivity index (χ2v) is 4.18. The number of rotatable bonds is 3. The summed E-state index contributed by atoms with van der Waals surface area (Å²) in [5, 5.41) is 3.90. The second kappa shape index (κ2) is 4.67. The highest BCUT2D eigenvalue weighted by atomic mass is 79.9. The summed E-state index contributed by atoms with van der Waals surface area (Å²) in [5.74, 6) is 0.300. The van der Waals surface area contributed by atoms with Crippen LogP contribution in [-0.4, -0.2) is 12.3 Å². The van der Waals surface area contributed by atoms with Gasteiger partial charge >= 0.3 is 0 Å². The fraction of sp³-hybridized carbons (Fsp3) is 0.182. The van der Waals surface area contributed by atoms with Crippen LogP contribution in [0.2, 0.25) is 0 Å². The molecule has 16 heavy (non-hydrogen) atoms. The van der Waals surface area contributed by atoms with E-state index >= 15 is 0 Å². The number of hydrogen-bond donors (Lipinski definition) is 1. The molecular formula is C11H11BrN2O2. The van der Waals surface area contributed by atoms with Gasteiger partial charge in [-0.1, -0.05) is 33.2 Å². The number of nitrogens with zero attached hydrogens (tertiary/aromatic N) is 1. The third kappa shape index (κ3) is 2.10. The van der Waals surface area contributed by atoms with Gasteiger partial charge in [-0.05, 0) is 11.6 Å². The van der Waals surface area contributed by atoms with Crippen LogP contribution in [0.25, 0.3) is 11.3 Å². The van der Waals surface area contributed by atoms with E-state index in [4.69, 9.17) is 15.0 Å². The Morgan fingerprint density at radius 2 is 2.31 bits per heavy atom. The first kappa shape index (κ1) is 11.2. The Labute approximate surface area is 102 Å². The van der Waals surface area contributed by atoms with E-state index in [9.17, 15) is 0 Å². The van der Waals surface area contributed by atoms with Gasteiger partial charge in [0.25, 0.3) is 0 Å². The molecule has 0 aliphatic rings. The van der Waals surface area contributed by atoms with Crippen LogP contribution < -0.4 is 5.73 Å². The fourth-order valence-electron chi connectivity index (χ4n) is 1.54. The van der Waals surface area contributed by atoms with Crippen LogP contribution in [0, 0.1) is 0 Å². The number of anilines is 1. The highest BCUT2D eigenvalue weighted by molar-refractivity contribution is 9.10. The van der Waals surface area contributed by atoms with Crippen molar-refractivity contribution in [2.45, 2.75) is 6.61 Å². The Bertz CT molecular complexity index is 496. The van der Waals surface area contributed by atoms with Crippen molar-refractivity contribution in [1.82, 2.24) is 5.16 Å². The zero-order valence-corrected chi connectivity index (χ0v) is 10.3. The highest BCUT2D eigenvalue weighted by Gasteiger charge is 2.12. The van der Waals surface area contributed by atoms with Crippen LogP contribution in [0.5, 0.6) is 0 Å². The Morgan fingerprint density at radius 1 is 1.50 bits per heavy atom. The number of nitrogens with two attached hydrogens (primary N) is 1. The molecular weight excluding hydrogens is 272 g/mol. The monoisotopic (exact) mass is 282 g/mol. The molecule has 4 nitrogen and oxygen atoms in total. The minimum absolute atomic E-state index is 0.300. The molecule has 2 rings (SSSR count). The van der Waals surface area contributed by atoms with E-state index in [0.29, 0.717) is 18.2 Å². The number of nitrogen functional groups attached to an aromatic ring is 1. The Balaban J connectivity index is 2.53. The number of aromatic nitrogens is 1. The van der Waals surface area contributed by atoms with Gasteiger partial charge in [-0.3, -0.25) is 0 Å². The van der Waals surface area contributed by atoms with E-state index in [-0.39, 0.29) is 0 Å². The zero-order chi connectivity index (χ0) is 11.5. The van der Waals surface area contributed by atoms with Gasteiger partial charge < -0.3 is 15.0 Å². The van der Waals surface area contributed by atoms with E-state index in [1.807, 2.05) is 18.2 Å². The lowest BCUT2D eigenvalue weighted by Gasteiger charge is -2.07. The molecule has 0 saturated heterocycles. The summed E-state index contributed by atoms with van der Waals surface area (Å²) in [4.78, 5) is 0. The molecule has 0 amide bonds. The minimum atomic E-state index is 0.300. The number of halogens is 1. The van der Waals surface area contributed by atoms with Crippen LogP contribution in [0.3, 0.4) is 0 Å². The van der Waals surface area contributed by atoms with E-state index < -0.39 is 0 Å². The summed E-state index contributed by atoms with van der Waals surface area (Å²) in [6, 6.07) is 7.57. The lowest BCUT2D eigenvalue weighted by Crippen LogP contribution is -1.93. The Morgan fingerprint density at radius 3 is 2.94 bits per heavy atom. The van der Waals surface area contributed by atoms with Gasteiger partial charge in [0.2, 0.25) is 5.88 Å². The van der Waals surface area contributed by atoms with Crippen molar-refractivity contribution in [3.05, 3.63) is 34.3 Å². The maximum atomic E-state index is 5.51. The van der Waals surface area contributed by atoms with E-state index in [2.05, 4.69) is 21.1 Å². The van der Waals surface area contributed by atoms with Crippen molar-refractivity contribution in [2.75, 3.05) is 12.8 Å². The molecule has 0 saturated carbocycles. The highest BCUT2D eigenvalue weighted by Crippen LogP contribution is 2.32. The van der Waals surface area contributed by atoms with Crippen molar-refractivity contribution in [3.63, 3.8) is 0 Å². The van der Waals surface area contributed by atoms with Gasteiger partial charge in [0.15, 0.2) is 0 Å². The lowest BCUT2D eigenvalue weighted by molar-refractivity contribution is 0.185. The minimum Gasteiger partial charge on any atom is -0.380 e. The number of hydrogen-bond acceptors (Lipinski definition) is 4. The molecule has 0 spiro atoms. The molecule has 1 aromatic carbocycles. The van der Waals surface area contributed by atoms with Crippen LogP contribution in [0.4, 0.5) is 5.88 Å². The molecule has 84 valence electrons. The second-order valence-electron chi connectivity index (χ2n) is 3.32. The quantitative estimate of drug-likeness (QED) is 0.940. The SMILES string of the molecule is COCc1cccc(Br)c1-c1cc(N)on1. The van der Waals surface area contributed by atoms with Crippen molar-refractivity contribution in [1.29, 1.82) is 0 Å². The summed E-state index contributed by atoms with van der Waals surface area (Å²) < 4.78 is 11.0. The number of ether oxygens (including phenoxy) is 1. The van der Waals surface area contributed by atoms with Crippen molar-refractivity contribution in [3.8, 4) is 11.3 Å². The summed E-state index contributed by atoms with van der Waals surface area (Å²) in [5.41, 5.74) is 8.20. The Kier molecular flexibility index (Phi) is 3.26.